The Morgan fingerprint density at radius 3 is 2.00 bits per heavy atom. The number of rotatable bonds is 7. The van der Waals surface area contributed by atoms with Crippen LogP contribution in [0.25, 0.3) is 0 Å². The van der Waals surface area contributed by atoms with Crippen LogP contribution in [0.2, 0.25) is 0 Å². The number of hydrogen-bond donors (Lipinski definition) is 2. The quantitative estimate of drug-likeness (QED) is 0.596. The van der Waals surface area contributed by atoms with Crippen LogP contribution in [0.3, 0.4) is 0 Å². The number of hydrogen-bond acceptors (Lipinski definition) is 6. The van der Waals surface area contributed by atoms with Crippen molar-refractivity contribution < 1.29 is 0 Å². The Morgan fingerprint density at radius 2 is 1.36 bits per heavy atom. The van der Waals surface area contributed by atoms with Crippen molar-refractivity contribution in [2.75, 3.05) is 28.6 Å². The molecule has 2 N–H and O–H groups in total. The minimum atomic E-state index is 0.522. The van der Waals surface area contributed by atoms with Crippen LogP contribution in [0.4, 0.5) is 29.2 Å². The predicted octanol–water partition coefficient (Wildman–Crippen LogP) is 5.13. The summed E-state index contributed by atoms with van der Waals surface area (Å²) in [5.41, 5.74) is 5.48. The lowest BCUT2D eigenvalue weighted by Gasteiger charge is -2.20. The molecule has 3 rings (SSSR count). The largest absolute Gasteiger partial charge is 0.341 e. The van der Waals surface area contributed by atoms with Crippen LogP contribution in [0.5, 0.6) is 0 Å². The normalized spacial score (nSPS) is 10.6. The van der Waals surface area contributed by atoms with Gasteiger partial charge >= 0.3 is 0 Å². The summed E-state index contributed by atoms with van der Waals surface area (Å²) in [5.74, 6) is 1.70. The van der Waals surface area contributed by atoms with Crippen LogP contribution in [-0.2, 0) is 0 Å². The highest BCUT2D eigenvalue weighted by molar-refractivity contribution is 5.62. The van der Waals surface area contributed by atoms with Gasteiger partial charge in [-0.2, -0.15) is 15.0 Å². The Hall–Kier alpha value is -3.15. The van der Waals surface area contributed by atoms with Crippen molar-refractivity contribution in [1.29, 1.82) is 0 Å². The Labute approximate surface area is 167 Å². The van der Waals surface area contributed by atoms with Gasteiger partial charge in [0.1, 0.15) is 0 Å². The first-order valence-corrected chi connectivity index (χ1v) is 9.67. The molecule has 0 bridgehead atoms. The van der Waals surface area contributed by atoms with E-state index in [0.29, 0.717) is 17.8 Å². The lowest BCUT2D eigenvalue weighted by atomic mass is 10.1. The first-order chi connectivity index (χ1) is 13.5. The van der Waals surface area contributed by atoms with Crippen molar-refractivity contribution in [1.82, 2.24) is 15.0 Å². The molecule has 0 aliphatic heterocycles. The molecule has 0 amide bonds. The van der Waals surface area contributed by atoms with E-state index in [4.69, 9.17) is 0 Å². The second-order valence-electron chi connectivity index (χ2n) is 6.89. The average molecular weight is 377 g/mol. The maximum Gasteiger partial charge on any atom is 0.233 e. The summed E-state index contributed by atoms with van der Waals surface area (Å²) in [5, 5.41) is 6.66. The minimum Gasteiger partial charge on any atom is -0.341 e. The van der Waals surface area contributed by atoms with Gasteiger partial charge in [-0.25, -0.2) is 0 Å². The van der Waals surface area contributed by atoms with E-state index in [9.17, 15) is 0 Å². The van der Waals surface area contributed by atoms with E-state index >= 15 is 0 Å². The van der Waals surface area contributed by atoms with Gasteiger partial charge in [0, 0.05) is 24.5 Å². The molecule has 28 heavy (non-hydrogen) atoms. The van der Waals surface area contributed by atoms with Crippen LogP contribution < -0.4 is 15.5 Å². The fourth-order valence-electron chi connectivity index (χ4n) is 2.88. The summed E-state index contributed by atoms with van der Waals surface area (Å²) < 4.78 is 0. The minimum absolute atomic E-state index is 0.522. The molecular weight excluding hydrogens is 348 g/mol. The van der Waals surface area contributed by atoms with Crippen molar-refractivity contribution in [2.24, 2.45) is 0 Å². The van der Waals surface area contributed by atoms with E-state index in [2.05, 4.69) is 95.4 Å². The molecule has 0 aliphatic rings. The van der Waals surface area contributed by atoms with Gasteiger partial charge in [0.15, 0.2) is 0 Å². The predicted molar refractivity (Wildman–Crippen MR) is 117 cm³/mol. The van der Waals surface area contributed by atoms with Crippen LogP contribution in [-0.4, -0.2) is 28.0 Å². The first kappa shape index (κ1) is 19.6. The lowest BCUT2D eigenvalue weighted by molar-refractivity contribution is 0.815. The number of anilines is 5. The molecule has 0 spiro atoms. The third-order valence-electron chi connectivity index (χ3n) is 4.62. The standard InChI is InChI=1S/C22H28N6/c1-6-28(7-2)22-26-20(23-18-12-9-15(3)10-13-18)25-21(27-22)24-19-14-16(4)8-11-17(19)5/h8-14H,6-7H2,1-5H3,(H2,23,24,25,26,27). The van der Waals surface area contributed by atoms with Gasteiger partial charge in [-0.05, 0) is 63.9 Å². The molecule has 146 valence electrons. The lowest BCUT2D eigenvalue weighted by Crippen LogP contribution is -2.25. The highest BCUT2D eigenvalue weighted by atomic mass is 15.3. The molecule has 0 fully saturated rings. The first-order valence-electron chi connectivity index (χ1n) is 9.67. The van der Waals surface area contributed by atoms with E-state index in [1.807, 2.05) is 12.1 Å². The van der Waals surface area contributed by atoms with Crippen LogP contribution in [0.15, 0.2) is 42.5 Å². The fraction of sp³-hybridized carbons (Fsp3) is 0.318. The number of nitrogens with zero attached hydrogens (tertiary/aromatic N) is 4. The molecule has 0 radical (unpaired) electrons. The molecule has 6 nitrogen and oxygen atoms in total. The van der Waals surface area contributed by atoms with E-state index in [1.54, 1.807) is 0 Å². The second kappa shape index (κ2) is 8.69. The molecule has 0 unspecified atom stereocenters. The van der Waals surface area contributed by atoms with Gasteiger partial charge in [-0.15, -0.1) is 0 Å². The van der Waals surface area contributed by atoms with Crippen molar-refractivity contribution in [3.05, 3.63) is 59.2 Å². The molecule has 0 atom stereocenters. The molecule has 3 aromatic rings. The zero-order valence-corrected chi connectivity index (χ0v) is 17.2. The van der Waals surface area contributed by atoms with Gasteiger partial charge in [-0.3, -0.25) is 0 Å². The molecule has 6 heteroatoms. The summed E-state index contributed by atoms with van der Waals surface area (Å²) in [6.07, 6.45) is 0. The fourth-order valence-corrected chi connectivity index (χ4v) is 2.88. The molecule has 0 aliphatic carbocycles. The van der Waals surface area contributed by atoms with Gasteiger partial charge in [0.25, 0.3) is 0 Å². The zero-order valence-electron chi connectivity index (χ0n) is 17.2. The molecule has 0 saturated heterocycles. The molecule has 0 saturated carbocycles. The highest BCUT2D eigenvalue weighted by Crippen LogP contribution is 2.23. The number of aromatic nitrogens is 3. The Bertz CT molecular complexity index is 932. The van der Waals surface area contributed by atoms with Crippen LogP contribution in [0, 0.1) is 20.8 Å². The number of benzene rings is 2. The summed E-state index contributed by atoms with van der Waals surface area (Å²) in [7, 11) is 0. The third-order valence-corrected chi connectivity index (χ3v) is 4.62. The van der Waals surface area contributed by atoms with Gasteiger partial charge in [0.2, 0.25) is 17.8 Å². The summed E-state index contributed by atoms with van der Waals surface area (Å²) in [6, 6.07) is 14.5. The average Bonchev–Trinajstić information content (AvgIpc) is 2.67. The van der Waals surface area contributed by atoms with Crippen molar-refractivity contribution in [3.8, 4) is 0 Å². The topological polar surface area (TPSA) is 66.0 Å². The summed E-state index contributed by atoms with van der Waals surface area (Å²) in [4.78, 5) is 16.0. The van der Waals surface area contributed by atoms with E-state index in [-0.39, 0.29) is 0 Å². The Balaban J connectivity index is 1.97. The van der Waals surface area contributed by atoms with Gasteiger partial charge in [0.05, 0.1) is 0 Å². The van der Waals surface area contributed by atoms with E-state index in [1.165, 1.54) is 11.1 Å². The maximum absolute atomic E-state index is 4.65. The third kappa shape index (κ3) is 4.76. The van der Waals surface area contributed by atoms with Crippen molar-refractivity contribution >= 4 is 29.2 Å². The molecule has 1 heterocycles. The van der Waals surface area contributed by atoms with Crippen molar-refractivity contribution in [2.45, 2.75) is 34.6 Å². The van der Waals surface area contributed by atoms with Gasteiger partial charge < -0.3 is 15.5 Å². The van der Waals surface area contributed by atoms with Gasteiger partial charge in [-0.1, -0.05) is 29.8 Å². The Kier molecular flexibility index (Phi) is 6.09. The summed E-state index contributed by atoms with van der Waals surface area (Å²) >= 11 is 0. The van der Waals surface area contributed by atoms with E-state index in [0.717, 1.165) is 30.0 Å². The second-order valence-corrected chi connectivity index (χ2v) is 6.89. The maximum atomic E-state index is 4.65. The number of nitrogens with one attached hydrogen (secondary N) is 2. The Morgan fingerprint density at radius 1 is 0.750 bits per heavy atom. The molecule has 2 aromatic carbocycles. The zero-order chi connectivity index (χ0) is 20.1. The summed E-state index contributed by atoms with van der Waals surface area (Å²) in [6.45, 7) is 12.1. The molecular formula is C22H28N6. The smallest absolute Gasteiger partial charge is 0.233 e. The SMILES string of the molecule is CCN(CC)c1nc(Nc2ccc(C)cc2)nc(Nc2cc(C)ccc2C)n1. The number of aryl methyl sites for hydroxylation is 3. The van der Waals surface area contributed by atoms with Crippen LogP contribution in [0.1, 0.15) is 30.5 Å². The van der Waals surface area contributed by atoms with E-state index < -0.39 is 0 Å². The monoisotopic (exact) mass is 376 g/mol. The van der Waals surface area contributed by atoms with Crippen molar-refractivity contribution in [3.63, 3.8) is 0 Å². The molecule has 1 aromatic heterocycles. The highest BCUT2D eigenvalue weighted by Gasteiger charge is 2.12. The van der Waals surface area contributed by atoms with Crippen LogP contribution >= 0.6 is 0 Å².